The van der Waals surface area contributed by atoms with Gasteiger partial charge >= 0.3 is 5.97 Å². The summed E-state index contributed by atoms with van der Waals surface area (Å²) in [6.07, 6.45) is 2.08. The molecule has 5 rings (SSSR count). The van der Waals surface area contributed by atoms with Crippen LogP contribution >= 0.6 is 11.6 Å². The van der Waals surface area contributed by atoms with Crippen molar-refractivity contribution in [3.8, 4) is 28.6 Å². The first-order valence-corrected chi connectivity index (χ1v) is 14.5. The quantitative estimate of drug-likeness (QED) is 0.139. The van der Waals surface area contributed by atoms with Crippen LogP contribution in [-0.2, 0) is 31.0 Å². The van der Waals surface area contributed by atoms with Crippen LogP contribution in [0.5, 0.6) is 17.2 Å². The summed E-state index contributed by atoms with van der Waals surface area (Å²) in [6, 6.07) is 22.1. The molecule has 214 valence electrons. The summed E-state index contributed by atoms with van der Waals surface area (Å²) in [7, 11) is 0. The van der Waals surface area contributed by atoms with Crippen molar-refractivity contribution in [2.75, 3.05) is 13.2 Å². The van der Waals surface area contributed by atoms with Gasteiger partial charge in [-0.1, -0.05) is 73.5 Å². The van der Waals surface area contributed by atoms with Gasteiger partial charge in [0.05, 0.1) is 5.69 Å². The Morgan fingerprint density at radius 1 is 1.00 bits per heavy atom. The highest BCUT2D eigenvalue weighted by Gasteiger charge is 2.22. The molecule has 4 aromatic rings. The van der Waals surface area contributed by atoms with Crippen molar-refractivity contribution in [3.63, 3.8) is 0 Å². The normalized spacial score (nSPS) is 12.5. The second kappa shape index (κ2) is 13.2. The van der Waals surface area contributed by atoms with E-state index < -0.39 is 0 Å². The number of carbonyl (C=O) groups excluding carboxylic acids is 1. The maximum Gasteiger partial charge on any atom is 0.308 e. The standard InChI is InChI=1S/C33H36ClN3O4/c1-4-5-16-37-28(32(34)35-33(37)26-10-7-6-8-11-26)22-36(20-25-14-15-30-31(19-25)40-18-17-39-30)21-27-12-9-13-29(23(27)2)41-24(3)38/h6-15,19H,4-5,16-18,20-22H2,1-3H3. The van der Waals surface area contributed by atoms with Crippen molar-refractivity contribution in [1.82, 2.24) is 14.5 Å². The van der Waals surface area contributed by atoms with E-state index in [2.05, 4.69) is 46.7 Å². The second-order valence-corrected chi connectivity index (χ2v) is 10.7. The Labute approximate surface area is 246 Å². The molecular formula is C33H36ClN3O4. The molecule has 3 aromatic carbocycles. The predicted octanol–water partition coefficient (Wildman–Crippen LogP) is 7.21. The van der Waals surface area contributed by atoms with Crippen molar-refractivity contribution in [2.45, 2.75) is 59.8 Å². The number of ether oxygens (including phenoxy) is 3. The molecule has 0 amide bonds. The molecule has 0 saturated heterocycles. The molecule has 0 radical (unpaired) electrons. The molecule has 2 heterocycles. The van der Waals surface area contributed by atoms with Gasteiger partial charge in [-0.2, -0.15) is 0 Å². The summed E-state index contributed by atoms with van der Waals surface area (Å²) in [5.74, 6) is 2.65. The Morgan fingerprint density at radius 3 is 2.54 bits per heavy atom. The van der Waals surface area contributed by atoms with Crippen LogP contribution < -0.4 is 14.2 Å². The number of nitrogens with zero attached hydrogens (tertiary/aromatic N) is 3. The zero-order valence-corrected chi connectivity index (χ0v) is 24.6. The number of fused-ring (bicyclic) bond motifs is 1. The number of halogens is 1. The van der Waals surface area contributed by atoms with E-state index in [1.54, 1.807) is 0 Å². The minimum atomic E-state index is -0.335. The number of esters is 1. The maximum atomic E-state index is 11.7. The van der Waals surface area contributed by atoms with Gasteiger partial charge < -0.3 is 18.8 Å². The molecule has 8 heteroatoms. The van der Waals surface area contributed by atoms with Gasteiger partial charge in [0.2, 0.25) is 0 Å². The summed E-state index contributed by atoms with van der Waals surface area (Å²) in [6.45, 7) is 9.36. The van der Waals surface area contributed by atoms with Crippen molar-refractivity contribution < 1.29 is 19.0 Å². The minimum Gasteiger partial charge on any atom is -0.486 e. The summed E-state index contributed by atoms with van der Waals surface area (Å²) in [5.41, 5.74) is 5.12. The molecule has 0 N–H and O–H groups in total. The Balaban J connectivity index is 1.51. The zero-order chi connectivity index (χ0) is 28.8. The van der Waals surface area contributed by atoms with Crippen molar-refractivity contribution >= 4 is 17.6 Å². The third-order valence-electron chi connectivity index (χ3n) is 7.22. The molecule has 0 atom stereocenters. The maximum absolute atomic E-state index is 11.7. The summed E-state index contributed by atoms with van der Waals surface area (Å²) in [5, 5.41) is 0.512. The Morgan fingerprint density at radius 2 is 1.78 bits per heavy atom. The second-order valence-electron chi connectivity index (χ2n) is 10.3. The van der Waals surface area contributed by atoms with Gasteiger partial charge in [0.1, 0.15) is 24.8 Å². The fraction of sp³-hybridized carbons (Fsp3) is 0.333. The Hall–Kier alpha value is -3.81. The molecule has 0 bridgehead atoms. The third kappa shape index (κ3) is 6.92. The van der Waals surface area contributed by atoms with E-state index in [1.807, 2.05) is 43.3 Å². The number of hydrogen-bond donors (Lipinski definition) is 0. The van der Waals surface area contributed by atoms with E-state index in [4.69, 9.17) is 30.8 Å². The van der Waals surface area contributed by atoms with Gasteiger partial charge in [0.15, 0.2) is 16.7 Å². The fourth-order valence-electron chi connectivity index (χ4n) is 5.13. The lowest BCUT2D eigenvalue weighted by atomic mass is 10.1. The van der Waals surface area contributed by atoms with E-state index in [9.17, 15) is 4.79 Å². The lowest BCUT2D eigenvalue weighted by Crippen LogP contribution is -2.25. The number of hydrogen-bond acceptors (Lipinski definition) is 6. The van der Waals surface area contributed by atoms with Crippen molar-refractivity contribution in [2.24, 2.45) is 0 Å². The molecule has 0 spiro atoms. The van der Waals surface area contributed by atoms with Crippen LogP contribution in [0, 0.1) is 6.92 Å². The molecule has 1 aliphatic rings. The molecule has 1 aromatic heterocycles. The minimum absolute atomic E-state index is 0.335. The van der Waals surface area contributed by atoms with E-state index in [0.717, 1.165) is 64.7 Å². The molecule has 7 nitrogen and oxygen atoms in total. The largest absolute Gasteiger partial charge is 0.486 e. The molecule has 41 heavy (non-hydrogen) atoms. The van der Waals surface area contributed by atoms with Crippen LogP contribution in [-0.4, -0.2) is 33.6 Å². The van der Waals surface area contributed by atoms with E-state index in [1.165, 1.54) is 6.92 Å². The third-order valence-corrected chi connectivity index (χ3v) is 7.52. The average molecular weight is 574 g/mol. The lowest BCUT2D eigenvalue weighted by Gasteiger charge is -2.26. The van der Waals surface area contributed by atoms with Crippen LogP contribution in [0.2, 0.25) is 5.15 Å². The van der Waals surface area contributed by atoms with Gasteiger partial charge in [-0.15, -0.1) is 0 Å². The number of carbonyl (C=O) groups is 1. The van der Waals surface area contributed by atoms with E-state index >= 15 is 0 Å². The first-order valence-electron chi connectivity index (χ1n) is 14.1. The number of imidazole rings is 1. The Bertz CT molecular complexity index is 1500. The Kier molecular flexibility index (Phi) is 9.27. The monoisotopic (exact) mass is 573 g/mol. The molecule has 1 aliphatic heterocycles. The number of unbranched alkanes of at least 4 members (excludes halogenated alkanes) is 1. The van der Waals surface area contributed by atoms with Crippen LogP contribution in [0.15, 0.2) is 66.7 Å². The van der Waals surface area contributed by atoms with E-state index in [0.29, 0.717) is 43.8 Å². The number of aromatic nitrogens is 2. The highest BCUT2D eigenvalue weighted by molar-refractivity contribution is 6.30. The number of rotatable bonds is 11. The first kappa shape index (κ1) is 28.7. The highest BCUT2D eigenvalue weighted by Crippen LogP contribution is 2.33. The van der Waals surface area contributed by atoms with Gasteiger partial charge in [-0.05, 0) is 48.2 Å². The van der Waals surface area contributed by atoms with Crippen molar-refractivity contribution in [1.29, 1.82) is 0 Å². The lowest BCUT2D eigenvalue weighted by molar-refractivity contribution is -0.131. The molecule has 0 aliphatic carbocycles. The SMILES string of the molecule is CCCCn1c(-c2ccccc2)nc(Cl)c1CN(Cc1ccc2c(c1)OCCO2)Cc1cccc(OC(C)=O)c1C. The zero-order valence-electron chi connectivity index (χ0n) is 23.9. The van der Waals surface area contributed by atoms with Crippen LogP contribution in [0.25, 0.3) is 11.4 Å². The number of benzene rings is 3. The fourth-order valence-corrected chi connectivity index (χ4v) is 5.38. The molecule has 0 unspecified atom stereocenters. The first-order chi connectivity index (χ1) is 19.9. The van der Waals surface area contributed by atoms with Gasteiger partial charge in [-0.3, -0.25) is 9.69 Å². The summed E-state index contributed by atoms with van der Waals surface area (Å²) < 4.78 is 19.3. The molecule has 0 saturated carbocycles. The average Bonchev–Trinajstić information content (AvgIpc) is 3.28. The smallest absolute Gasteiger partial charge is 0.308 e. The van der Waals surface area contributed by atoms with Gasteiger partial charge in [-0.25, -0.2) is 4.98 Å². The van der Waals surface area contributed by atoms with Crippen LogP contribution in [0.3, 0.4) is 0 Å². The summed E-state index contributed by atoms with van der Waals surface area (Å²) in [4.78, 5) is 18.9. The topological polar surface area (TPSA) is 65.8 Å². The van der Waals surface area contributed by atoms with Crippen LogP contribution in [0.1, 0.15) is 49.1 Å². The predicted molar refractivity (Wildman–Crippen MR) is 160 cm³/mol. The van der Waals surface area contributed by atoms with Crippen LogP contribution in [0.4, 0.5) is 0 Å². The van der Waals surface area contributed by atoms with Gasteiger partial charge in [0.25, 0.3) is 0 Å². The van der Waals surface area contributed by atoms with Crippen molar-refractivity contribution in [3.05, 3.63) is 94.3 Å². The molecule has 0 fully saturated rings. The molecular weight excluding hydrogens is 538 g/mol. The summed E-state index contributed by atoms with van der Waals surface area (Å²) >= 11 is 6.88. The van der Waals surface area contributed by atoms with E-state index in [-0.39, 0.29) is 5.97 Å². The highest BCUT2D eigenvalue weighted by atomic mass is 35.5. The van der Waals surface area contributed by atoms with Gasteiger partial charge in [0, 0.05) is 38.7 Å².